The summed E-state index contributed by atoms with van der Waals surface area (Å²) < 4.78 is 2.46. The Morgan fingerprint density at radius 2 is 2.42 bits per heavy atom. The van der Waals surface area contributed by atoms with Crippen LogP contribution < -0.4 is 5.73 Å². The molecule has 2 aromatic rings. The average molecular weight is 180 g/mol. The van der Waals surface area contributed by atoms with Gasteiger partial charge in [-0.3, -0.25) is 0 Å². The molecule has 0 aliphatic carbocycles. The van der Waals surface area contributed by atoms with E-state index >= 15 is 0 Å². The summed E-state index contributed by atoms with van der Waals surface area (Å²) in [6, 6.07) is 1.92. The molecule has 0 aliphatic rings. The maximum atomic E-state index is 5.51. The van der Waals surface area contributed by atoms with Crippen molar-refractivity contribution in [1.82, 2.24) is 14.5 Å². The molecule has 4 nitrogen and oxygen atoms in total. The van der Waals surface area contributed by atoms with Crippen molar-refractivity contribution >= 4 is 29.2 Å². The first-order chi connectivity index (χ1) is 5.68. The molecule has 0 radical (unpaired) electrons. The summed E-state index contributed by atoms with van der Waals surface area (Å²) in [5.74, 6) is 0.356. The van der Waals surface area contributed by atoms with Crippen LogP contribution in [0.3, 0.4) is 0 Å². The number of aromatic nitrogens is 3. The van der Waals surface area contributed by atoms with Crippen molar-refractivity contribution in [2.45, 2.75) is 0 Å². The standard InChI is InChI=1S/C7H8N4S/c1-11-3-2-4-5(11)9-7(8)10-6(4)12/h2-3H,1H3,(H3,8,9,10,12). The van der Waals surface area contributed by atoms with Crippen LogP contribution >= 0.6 is 12.2 Å². The van der Waals surface area contributed by atoms with Crippen LogP contribution in [0.4, 0.5) is 5.95 Å². The van der Waals surface area contributed by atoms with Crippen molar-refractivity contribution in [3.63, 3.8) is 0 Å². The lowest BCUT2D eigenvalue weighted by Crippen LogP contribution is -1.97. The summed E-state index contributed by atoms with van der Waals surface area (Å²) in [4.78, 5) is 6.88. The fourth-order valence-corrected chi connectivity index (χ4v) is 1.44. The van der Waals surface area contributed by atoms with Gasteiger partial charge in [-0.15, -0.1) is 0 Å². The van der Waals surface area contributed by atoms with Crippen LogP contribution in [-0.4, -0.2) is 14.5 Å². The summed E-state index contributed by atoms with van der Waals surface area (Å²) in [5, 5.41) is 0.932. The van der Waals surface area contributed by atoms with E-state index in [0.717, 1.165) is 11.0 Å². The van der Waals surface area contributed by atoms with Gasteiger partial charge in [0.25, 0.3) is 0 Å². The summed E-state index contributed by atoms with van der Waals surface area (Å²) in [6.07, 6.45) is 1.91. The highest BCUT2D eigenvalue weighted by Crippen LogP contribution is 2.13. The van der Waals surface area contributed by atoms with Crippen molar-refractivity contribution < 1.29 is 0 Å². The van der Waals surface area contributed by atoms with E-state index in [2.05, 4.69) is 9.97 Å². The topological polar surface area (TPSA) is 59.6 Å². The van der Waals surface area contributed by atoms with Crippen molar-refractivity contribution in [3.8, 4) is 0 Å². The SMILES string of the molecule is Cn1ccc2c(=S)nc(N)[nH]c21. The lowest BCUT2D eigenvalue weighted by atomic mass is 10.4. The molecule has 2 rings (SSSR count). The molecular weight excluding hydrogens is 172 g/mol. The Labute approximate surface area is 74.0 Å². The molecule has 5 heteroatoms. The minimum absolute atomic E-state index is 0.356. The zero-order valence-corrected chi connectivity index (χ0v) is 7.35. The molecular formula is C7H8N4S. The molecule has 0 aliphatic heterocycles. The van der Waals surface area contributed by atoms with E-state index < -0.39 is 0 Å². The molecule has 0 saturated heterocycles. The monoisotopic (exact) mass is 180 g/mol. The van der Waals surface area contributed by atoms with Gasteiger partial charge in [0.2, 0.25) is 0 Å². The molecule has 0 aromatic carbocycles. The van der Waals surface area contributed by atoms with E-state index in [1.165, 1.54) is 0 Å². The number of aromatic amines is 1. The molecule has 0 spiro atoms. The fourth-order valence-electron chi connectivity index (χ4n) is 1.18. The lowest BCUT2D eigenvalue weighted by molar-refractivity contribution is 0.945. The maximum Gasteiger partial charge on any atom is 0.200 e. The summed E-state index contributed by atoms with van der Waals surface area (Å²) in [7, 11) is 1.92. The number of hydrogen-bond acceptors (Lipinski definition) is 3. The van der Waals surface area contributed by atoms with Crippen LogP contribution in [0.5, 0.6) is 0 Å². The van der Waals surface area contributed by atoms with Crippen molar-refractivity contribution in [1.29, 1.82) is 0 Å². The summed E-state index contributed by atoms with van der Waals surface area (Å²) >= 11 is 5.03. The van der Waals surface area contributed by atoms with Gasteiger partial charge in [-0.1, -0.05) is 12.2 Å². The molecule has 0 atom stereocenters. The van der Waals surface area contributed by atoms with E-state index in [9.17, 15) is 0 Å². The molecule has 62 valence electrons. The molecule has 0 bridgehead atoms. The number of hydrogen-bond donors (Lipinski definition) is 2. The Kier molecular flexibility index (Phi) is 1.41. The number of rotatable bonds is 0. The first-order valence-corrected chi connectivity index (χ1v) is 3.90. The zero-order chi connectivity index (χ0) is 8.72. The predicted molar refractivity (Wildman–Crippen MR) is 50.3 cm³/mol. The van der Waals surface area contributed by atoms with Crippen LogP contribution in [-0.2, 0) is 7.05 Å². The van der Waals surface area contributed by atoms with Crippen LogP contribution in [0, 0.1) is 4.64 Å². The second-order valence-corrected chi connectivity index (χ2v) is 3.00. The third kappa shape index (κ3) is 0.902. The fraction of sp³-hybridized carbons (Fsp3) is 0.143. The Balaban J connectivity index is 3.03. The number of nitrogens with two attached hydrogens (primary N) is 1. The highest BCUT2D eigenvalue weighted by Gasteiger charge is 2.00. The van der Waals surface area contributed by atoms with Gasteiger partial charge in [0.1, 0.15) is 10.3 Å². The predicted octanol–water partition coefficient (Wildman–Crippen LogP) is 1.21. The van der Waals surface area contributed by atoms with Crippen LogP contribution in [0.15, 0.2) is 12.3 Å². The van der Waals surface area contributed by atoms with E-state index in [4.69, 9.17) is 18.0 Å². The van der Waals surface area contributed by atoms with E-state index in [1.807, 2.05) is 23.9 Å². The van der Waals surface area contributed by atoms with Gasteiger partial charge in [-0.05, 0) is 6.07 Å². The minimum atomic E-state index is 0.356. The smallest absolute Gasteiger partial charge is 0.200 e. The number of nitrogens with zero attached hydrogens (tertiary/aromatic N) is 2. The van der Waals surface area contributed by atoms with Crippen LogP contribution in [0.25, 0.3) is 11.0 Å². The number of aryl methyl sites for hydroxylation is 1. The lowest BCUT2D eigenvalue weighted by Gasteiger charge is -1.97. The number of H-pyrrole nitrogens is 1. The van der Waals surface area contributed by atoms with Gasteiger partial charge in [0.05, 0.1) is 5.39 Å². The first kappa shape index (κ1) is 7.30. The number of anilines is 1. The van der Waals surface area contributed by atoms with Crippen molar-refractivity contribution in [3.05, 3.63) is 16.9 Å². The molecule has 0 fully saturated rings. The third-order valence-corrected chi connectivity index (χ3v) is 2.08. The first-order valence-electron chi connectivity index (χ1n) is 3.49. The maximum absolute atomic E-state index is 5.51. The number of nitrogen functional groups attached to an aromatic ring is 1. The normalized spacial score (nSPS) is 10.8. The second-order valence-electron chi connectivity index (χ2n) is 2.62. The van der Waals surface area contributed by atoms with Gasteiger partial charge >= 0.3 is 0 Å². The van der Waals surface area contributed by atoms with E-state index in [1.54, 1.807) is 0 Å². The van der Waals surface area contributed by atoms with Crippen LogP contribution in [0.2, 0.25) is 0 Å². The quantitative estimate of drug-likeness (QED) is 0.599. The average Bonchev–Trinajstić information content (AvgIpc) is 2.33. The highest BCUT2D eigenvalue weighted by molar-refractivity contribution is 7.71. The Morgan fingerprint density at radius 1 is 1.67 bits per heavy atom. The molecule has 0 unspecified atom stereocenters. The van der Waals surface area contributed by atoms with Gasteiger partial charge in [0.15, 0.2) is 5.95 Å². The molecule has 0 amide bonds. The van der Waals surface area contributed by atoms with Gasteiger partial charge in [-0.2, -0.15) is 0 Å². The van der Waals surface area contributed by atoms with Gasteiger partial charge < -0.3 is 15.3 Å². The molecule has 2 heterocycles. The molecule has 3 N–H and O–H groups in total. The van der Waals surface area contributed by atoms with Gasteiger partial charge in [0, 0.05) is 13.2 Å². The Hall–Kier alpha value is -1.36. The second kappa shape index (κ2) is 2.31. The number of nitrogens with one attached hydrogen (secondary N) is 1. The highest BCUT2D eigenvalue weighted by atomic mass is 32.1. The van der Waals surface area contributed by atoms with E-state index in [0.29, 0.717) is 10.6 Å². The molecule has 2 aromatic heterocycles. The summed E-state index contributed by atoms with van der Waals surface area (Å²) in [6.45, 7) is 0. The minimum Gasteiger partial charge on any atom is -0.369 e. The van der Waals surface area contributed by atoms with Crippen LogP contribution in [0.1, 0.15) is 0 Å². The third-order valence-electron chi connectivity index (χ3n) is 1.77. The largest absolute Gasteiger partial charge is 0.369 e. The Morgan fingerprint density at radius 3 is 3.17 bits per heavy atom. The van der Waals surface area contributed by atoms with E-state index in [-0.39, 0.29) is 0 Å². The molecule has 0 saturated carbocycles. The van der Waals surface area contributed by atoms with Crippen molar-refractivity contribution in [2.24, 2.45) is 7.05 Å². The summed E-state index contributed by atoms with van der Waals surface area (Å²) in [5.41, 5.74) is 6.42. The Bertz CT molecular complexity index is 482. The van der Waals surface area contributed by atoms with Gasteiger partial charge in [-0.25, -0.2) is 4.98 Å². The number of fused-ring (bicyclic) bond motifs is 1. The molecule has 12 heavy (non-hydrogen) atoms. The zero-order valence-electron chi connectivity index (χ0n) is 6.53. The van der Waals surface area contributed by atoms with Crippen molar-refractivity contribution in [2.75, 3.05) is 5.73 Å².